The van der Waals surface area contributed by atoms with Gasteiger partial charge in [-0.2, -0.15) is 0 Å². The molecule has 8 heteroatoms. The minimum atomic E-state index is -4.05. The third-order valence-electron chi connectivity index (χ3n) is 3.79. The second-order valence-electron chi connectivity index (χ2n) is 5.66. The van der Waals surface area contributed by atoms with E-state index in [2.05, 4.69) is 12.2 Å². The summed E-state index contributed by atoms with van der Waals surface area (Å²) in [5.74, 6) is -0.458. The molecular weight excluding hydrogens is 335 g/mol. The summed E-state index contributed by atoms with van der Waals surface area (Å²) in [7, 11) is -4.05. The molecule has 0 saturated heterocycles. The fraction of sp³-hybridized carbons (Fsp3) is 0.462. The number of hydrogen-bond donors (Lipinski definition) is 2. The molecule has 1 saturated carbocycles. The van der Waals surface area contributed by atoms with Crippen molar-refractivity contribution in [1.82, 2.24) is 5.32 Å². The summed E-state index contributed by atoms with van der Waals surface area (Å²) < 4.78 is 22.9. The second-order valence-corrected chi connectivity index (χ2v) is 8.00. The Bertz CT molecular complexity index is 685. The molecule has 1 amide bonds. The largest absolute Gasteiger partial charge is 0.351 e. The van der Waals surface area contributed by atoms with Gasteiger partial charge in [0.1, 0.15) is 4.90 Å². The van der Waals surface area contributed by atoms with Crippen molar-refractivity contribution in [3.63, 3.8) is 0 Å². The molecule has 0 aromatic heterocycles. The van der Waals surface area contributed by atoms with E-state index in [9.17, 15) is 13.2 Å². The number of primary sulfonamides is 1. The highest BCUT2D eigenvalue weighted by Gasteiger charge is 2.32. The lowest BCUT2D eigenvalue weighted by atomic mass is 9.70. The summed E-state index contributed by atoms with van der Waals surface area (Å²) in [4.78, 5) is 11.8. The number of rotatable bonds is 4. The van der Waals surface area contributed by atoms with Gasteiger partial charge in [0.15, 0.2) is 0 Å². The van der Waals surface area contributed by atoms with Crippen molar-refractivity contribution >= 4 is 39.1 Å². The van der Waals surface area contributed by atoms with E-state index >= 15 is 0 Å². The first-order valence-electron chi connectivity index (χ1n) is 6.42. The summed E-state index contributed by atoms with van der Waals surface area (Å²) >= 11 is 11.8. The molecule has 1 aromatic carbocycles. The first-order valence-corrected chi connectivity index (χ1v) is 8.73. The molecule has 116 valence electrons. The van der Waals surface area contributed by atoms with Crippen LogP contribution in [0.3, 0.4) is 0 Å². The first-order chi connectivity index (χ1) is 9.62. The van der Waals surface area contributed by atoms with Gasteiger partial charge in [-0.3, -0.25) is 4.79 Å². The maximum Gasteiger partial charge on any atom is 0.252 e. The molecule has 2 rings (SSSR count). The van der Waals surface area contributed by atoms with Gasteiger partial charge < -0.3 is 5.32 Å². The molecule has 0 unspecified atom stereocenters. The lowest BCUT2D eigenvalue weighted by molar-refractivity contribution is 0.0890. The summed E-state index contributed by atoms with van der Waals surface area (Å²) in [6, 6.07) is 2.46. The van der Waals surface area contributed by atoms with E-state index in [4.69, 9.17) is 28.3 Å². The predicted octanol–water partition coefficient (Wildman–Crippen LogP) is 2.56. The smallest absolute Gasteiger partial charge is 0.252 e. The molecule has 1 aromatic rings. The van der Waals surface area contributed by atoms with Gasteiger partial charge in [0.05, 0.1) is 10.6 Å². The average molecular weight is 351 g/mol. The van der Waals surface area contributed by atoms with Crippen LogP contribution in [0.4, 0.5) is 0 Å². The molecule has 0 bridgehead atoms. The van der Waals surface area contributed by atoms with Crippen molar-refractivity contribution in [2.75, 3.05) is 6.54 Å². The maximum absolute atomic E-state index is 12.2. The normalized spacial score (nSPS) is 17.1. The highest BCUT2D eigenvalue weighted by Crippen LogP contribution is 2.39. The zero-order chi connectivity index (χ0) is 15.8. The van der Waals surface area contributed by atoms with Crippen molar-refractivity contribution in [2.24, 2.45) is 10.6 Å². The fourth-order valence-corrected chi connectivity index (χ4v) is 3.73. The number of halogens is 2. The van der Waals surface area contributed by atoms with Gasteiger partial charge in [0.25, 0.3) is 5.91 Å². The van der Waals surface area contributed by atoms with Crippen LogP contribution in [0.25, 0.3) is 0 Å². The molecule has 1 aliphatic carbocycles. The van der Waals surface area contributed by atoms with E-state index in [1.54, 1.807) is 0 Å². The molecule has 3 N–H and O–H groups in total. The second kappa shape index (κ2) is 5.76. The van der Waals surface area contributed by atoms with Crippen LogP contribution < -0.4 is 10.5 Å². The van der Waals surface area contributed by atoms with Crippen molar-refractivity contribution in [2.45, 2.75) is 31.1 Å². The van der Waals surface area contributed by atoms with Crippen LogP contribution in [0.2, 0.25) is 10.0 Å². The highest BCUT2D eigenvalue weighted by molar-refractivity contribution is 7.89. The summed E-state index contributed by atoms with van der Waals surface area (Å²) in [6.07, 6.45) is 3.26. The summed E-state index contributed by atoms with van der Waals surface area (Å²) in [5.41, 5.74) is 0.111. The lowest BCUT2D eigenvalue weighted by Gasteiger charge is -2.38. The molecule has 0 atom stereocenters. The van der Waals surface area contributed by atoms with Crippen LogP contribution in [0.1, 0.15) is 36.5 Å². The Labute approximate surface area is 133 Å². The fourth-order valence-electron chi connectivity index (χ4n) is 2.28. The molecule has 1 aliphatic rings. The molecular formula is C13H16Cl2N2O3S. The van der Waals surface area contributed by atoms with Crippen LogP contribution in [0.5, 0.6) is 0 Å². The van der Waals surface area contributed by atoms with Crippen LogP contribution in [0, 0.1) is 5.41 Å². The number of benzene rings is 1. The number of sulfonamides is 1. The standard InChI is InChI=1S/C13H16Cl2N2O3S/c1-13(3-2-4-13)7-17-12(18)9-5-8(14)6-10(11(9)15)21(16,19)20/h5-6H,2-4,7H2,1H3,(H,17,18)(H2,16,19,20). The Hall–Kier alpha value is -0.820. The number of nitrogens with one attached hydrogen (secondary N) is 1. The number of hydrogen-bond acceptors (Lipinski definition) is 3. The summed E-state index contributed by atoms with van der Waals surface area (Å²) in [5, 5.41) is 7.71. The molecule has 0 radical (unpaired) electrons. The topological polar surface area (TPSA) is 89.3 Å². The van der Waals surface area contributed by atoms with E-state index in [1.807, 2.05) is 0 Å². The Morgan fingerprint density at radius 1 is 1.38 bits per heavy atom. The van der Waals surface area contributed by atoms with Crippen LogP contribution in [-0.2, 0) is 10.0 Å². The minimum absolute atomic E-state index is 0.0103. The molecule has 0 heterocycles. The third-order valence-corrected chi connectivity index (χ3v) is 5.46. The van der Waals surface area contributed by atoms with Crippen molar-refractivity contribution < 1.29 is 13.2 Å². The Balaban J connectivity index is 2.26. The monoisotopic (exact) mass is 350 g/mol. The van der Waals surface area contributed by atoms with E-state index in [1.165, 1.54) is 6.07 Å². The quantitative estimate of drug-likeness (QED) is 0.874. The van der Waals surface area contributed by atoms with E-state index in [0.29, 0.717) is 6.54 Å². The highest BCUT2D eigenvalue weighted by atomic mass is 35.5. The van der Waals surface area contributed by atoms with Crippen LogP contribution in [0.15, 0.2) is 17.0 Å². The van der Waals surface area contributed by atoms with Crippen molar-refractivity contribution in [3.05, 3.63) is 27.7 Å². The van der Waals surface area contributed by atoms with E-state index in [-0.39, 0.29) is 25.9 Å². The number of carbonyl (C=O) groups is 1. The first kappa shape index (κ1) is 16.5. The van der Waals surface area contributed by atoms with Crippen molar-refractivity contribution in [3.8, 4) is 0 Å². The van der Waals surface area contributed by atoms with E-state index < -0.39 is 15.9 Å². The minimum Gasteiger partial charge on any atom is -0.351 e. The van der Waals surface area contributed by atoms with Crippen molar-refractivity contribution in [1.29, 1.82) is 0 Å². The van der Waals surface area contributed by atoms with Gasteiger partial charge in [-0.25, -0.2) is 13.6 Å². The maximum atomic E-state index is 12.2. The zero-order valence-electron chi connectivity index (χ0n) is 11.4. The number of amides is 1. The lowest BCUT2D eigenvalue weighted by Crippen LogP contribution is -2.40. The van der Waals surface area contributed by atoms with Gasteiger partial charge >= 0.3 is 0 Å². The van der Waals surface area contributed by atoms with Gasteiger partial charge in [-0.15, -0.1) is 0 Å². The molecule has 0 spiro atoms. The SMILES string of the molecule is CC1(CNC(=O)c2cc(Cl)cc(S(N)(=O)=O)c2Cl)CCC1. The van der Waals surface area contributed by atoms with Gasteiger partial charge in [0.2, 0.25) is 10.0 Å². The average Bonchev–Trinajstić information content (AvgIpc) is 2.34. The zero-order valence-corrected chi connectivity index (χ0v) is 13.8. The molecule has 21 heavy (non-hydrogen) atoms. The van der Waals surface area contributed by atoms with Crippen LogP contribution in [-0.4, -0.2) is 20.9 Å². The third kappa shape index (κ3) is 3.69. The Kier molecular flexibility index (Phi) is 4.54. The van der Waals surface area contributed by atoms with Gasteiger partial charge in [0, 0.05) is 11.6 Å². The summed E-state index contributed by atoms with van der Waals surface area (Å²) in [6.45, 7) is 2.60. The van der Waals surface area contributed by atoms with E-state index in [0.717, 1.165) is 25.3 Å². The predicted molar refractivity (Wildman–Crippen MR) is 82.1 cm³/mol. The number of carbonyl (C=O) groups excluding carboxylic acids is 1. The molecule has 0 aliphatic heterocycles. The Morgan fingerprint density at radius 2 is 2.00 bits per heavy atom. The van der Waals surface area contributed by atoms with Crippen LogP contribution >= 0.6 is 23.2 Å². The molecule has 1 fully saturated rings. The number of nitrogens with two attached hydrogens (primary N) is 1. The van der Waals surface area contributed by atoms with Gasteiger partial charge in [-0.1, -0.05) is 36.5 Å². The van der Waals surface area contributed by atoms with Gasteiger partial charge in [-0.05, 0) is 30.4 Å². The Morgan fingerprint density at radius 3 is 2.48 bits per heavy atom. The molecule has 5 nitrogen and oxygen atoms in total.